The van der Waals surface area contributed by atoms with E-state index < -0.39 is 42.6 Å². The van der Waals surface area contributed by atoms with Crippen molar-refractivity contribution < 1.29 is 19.8 Å². The lowest BCUT2D eigenvalue weighted by molar-refractivity contribution is -0.493. The molecule has 0 heterocycles. The lowest BCUT2D eigenvalue weighted by atomic mass is 10.2. The molecule has 1 aromatic rings. The summed E-state index contributed by atoms with van der Waals surface area (Å²) in [4.78, 5) is 39.4. The Kier molecular flexibility index (Phi) is 5.15. The molecule has 0 saturated heterocycles. The van der Waals surface area contributed by atoms with Crippen LogP contribution in [0.4, 0.5) is 22.7 Å². The van der Waals surface area contributed by atoms with E-state index >= 15 is 0 Å². The van der Waals surface area contributed by atoms with Gasteiger partial charge in [0.1, 0.15) is 0 Å². The third kappa shape index (κ3) is 3.32. The Morgan fingerprint density at radius 3 is 1.48 bits per heavy atom. The Morgan fingerprint density at radius 1 is 0.857 bits per heavy atom. The smallest absolute Gasteiger partial charge is 0.312 e. The van der Waals surface area contributed by atoms with Crippen LogP contribution in [0.3, 0.4) is 0 Å². The van der Waals surface area contributed by atoms with E-state index in [1.807, 2.05) is 0 Å². The summed E-state index contributed by atoms with van der Waals surface area (Å²) in [6, 6.07) is 0.838. The van der Waals surface area contributed by atoms with Gasteiger partial charge in [0.25, 0.3) is 11.4 Å². The summed E-state index contributed by atoms with van der Waals surface area (Å²) in [7, 11) is 0.751. The molecule has 0 spiro atoms. The topological polar surface area (TPSA) is 211 Å². The molecular weight excluding hydrogens is 296 g/mol. The molecule has 0 unspecified atom stereocenters. The molecule has 0 aliphatic heterocycles. The van der Waals surface area contributed by atoms with Crippen LogP contribution in [0, 0.1) is 40.5 Å². The van der Waals surface area contributed by atoms with Gasteiger partial charge in [0.15, 0.2) is 5.03 Å². The SMILES string of the molecule is CN(c1c([N+](=O)[O-])cc([N+](=O)[O-])cc1[N+](=O)[O-])[N+](=O)[O-].N. The molecular formula is C7H8N6O8. The number of hydrogen-bond donors (Lipinski definition) is 1. The van der Waals surface area contributed by atoms with E-state index in [1.165, 1.54) is 0 Å². The number of nitro benzene ring substituents is 3. The summed E-state index contributed by atoms with van der Waals surface area (Å²) < 4.78 is 0. The van der Waals surface area contributed by atoms with Gasteiger partial charge in [-0.15, -0.1) is 0 Å². The summed E-state index contributed by atoms with van der Waals surface area (Å²) in [5, 5.41) is 41.7. The van der Waals surface area contributed by atoms with Gasteiger partial charge in [-0.1, -0.05) is 5.01 Å². The highest BCUT2D eigenvalue weighted by Crippen LogP contribution is 2.40. The van der Waals surface area contributed by atoms with Crippen molar-refractivity contribution in [1.82, 2.24) is 6.15 Å². The van der Waals surface area contributed by atoms with Crippen LogP contribution < -0.4 is 11.2 Å². The Morgan fingerprint density at radius 2 is 1.24 bits per heavy atom. The van der Waals surface area contributed by atoms with E-state index in [1.54, 1.807) is 0 Å². The maximum Gasteiger partial charge on any atom is 0.312 e. The molecule has 0 aliphatic rings. The lowest BCUT2D eigenvalue weighted by Gasteiger charge is -2.08. The molecule has 0 amide bonds. The van der Waals surface area contributed by atoms with Crippen LogP contribution in [0.15, 0.2) is 12.1 Å². The zero-order chi connectivity index (χ0) is 15.6. The van der Waals surface area contributed by atoms with Crippen molar-refractivity contribution in [2.45, 2.75) is 0 Å². The van der Waals surface area contributed by atoms with Gasteiger partial charge in [0.05, 0.1) is 34.0 Å². The Balaban J connectivity index is 0.00000400. The van der Waals surface area contributed by atoms with E-state index in [4.69, 9.17) is 0 Å². The molecule has 21 heavy (non-hydrogen) atoms. The third-order valence-electron chi connectivity index (χ3n) is 2.23. The van der Waals surface area contributed by atoms with E-state index in [-0.39, 0.29) is 11.2 Å². The molecule has 1 rings (SSSR count). The molecule has 0 bridgehead atoms. The van der Waals surface area contributed by atoms with E-state index in [9.17, 15) is 40.5 Å². The first-order valence-electron chi connectivity index (χ1n) is 4.66. The van der Waals surface area contributed by atoms with Crippen LogP contribution in [-0.2, 0) is 0 Å². The molecule has 114 valence electrons. The van der Waals surface area contributed by atoms with Gasteiger partial charge in [-0.05, 0) is 0 Å². The fourth-order valence-electron chi connectivity index (χ4n) is 1.39. The van der Waals surface area contributed by atoms with Crippen LogP contribution >= 0.6 is 0 Å². The Hall–Kier alpha value is -3.42. The first-order chi connectivity index (χ1) is 9.16. The molecule has 0 aromatic heterocycles. The largest absolute Gasteiger partial charge is 0.344 e. The highest BCUT2D eigenvalue weighted by atomic mass is 16.7. The van der Waals surface area contributed by atoms with Gasteiger partial charge in [0, 0.05) is 0 Å². The summed E-state index contributed by atoms with van der Waals surface area (Å²) >= 11 is 0. The molecule has 1 aromatic carbocycles. The summed E-state index contributed by atoms with van der Waals surface area (Å²) in [6.07, 6.45) is 0. The monoisotopic (exact) mass is 304 g/mol. The lowest BCUT2D eigenvalue weighted by Crippen LogP contribution is -2.26. The van der Waals surface area contributed by atoms with Crippen molar-refractivity contribution >= 4 is 22.7 Å². The summed E-state index contributed by atoms with van der Waals surface area (Å²) in [5.74, 6) is 0. The second-order valence-electron chi connectivity index (χ2n) is 3.37. The van der Waals surface area contributed by atoms with Crippen molar-refractivity contribution in [3.63, 3.8) is 0 Å². The molecule has 14 heteroatoms. The van der Waals surface area contributed by atoms with Gasteiger partial charge in [-0.3, -0.25) is 30.3 Å². The summed E-state index contributed by atoms with van der Waals surface area (Å²) in [6.45, 7) is 0. The molecule has 3 N–H and O–H groups in total. The molecule has 0 aliphatic carbocycles. The molecule has 14 nitrogen and oxygen atoms in total. The second kappa shape index (κ2) is 6.15. The minimum atomic E-state index is -1.17. The van der Waals surface area contributed by atoms with Crippen LogP contribution in [0.5, 0.6) is 0 Å². The number of rotatable bonds is 5. The highest BCUT2D eigenvalue weighted by molar-refractivity contribution is 5.76. The standard InChI is InChI=1S/C7H5N5O8.H3N/c1-8(12(19)20)7-5(10(15)16)2-4(9(13)14)3-6(7)11(17)18;/h2-3H,1H3;1H3. The quantitative estimate of drug-likeness (QED) is 0.605. The van der Waals surface area contributed by atoms with Gasteiger partial charge < -0.3 is 6.15 Å². The summed E-state index contributed by atoms with van der Waals surface area (Å²) in [5.41, 5.74) is -4.07. The zero-order valence-corrected chi connectivity index (χ0v) is 10.4. The van der Waals surface area contributed by atoms with Crippen LogP contribution in [0.25, 0.3) is 0 Å². The Bertz CT molecular complexity index is 595. The number of benzene rings is 1. The minimum Gasteiger partial charge on any atom is -0.344 e. The molecule has 0 fully saturated rings. The minimum absolute atomic E-state index is 0. The molecule has 0 saturated carbocycles. The second-order valence-corrected chi connectivity index (χ2v) is 3.37. The fourth-order valence-corrected chi connectivity index (χ4v) is 1.39. The van der Waals surface area contributed by atoms with Gasteiger partial charge in [-0.2, -0.15) is 0 Å². The predicted octanol–water partition coefficient (Wildman–Crippen LogP) is 1.20. The van der Waals surface area contributed by atoms with Crippen molar-refractivity contribution in [2.75, 3.05) is 12.1 Å². The van der Waals surface area contributed by atoms with Gasteiger partial charge in [0.2, 0.25) is 0 Å². The Labute approximate surface area is 114 Å². The van der Waals surface area contributed by atoms with Crippen molar-refractivity contribution in [3.05, 3.63) is 52.6 Å². The maximum absolute atomic E-state index is 10.8. The van der Waals surface area contributed by atoms with Gasteiger partial charge >= 0.3 is 11.4 Å². The maximum atomic E-state index is 10.8. The zero-order valence-electron chi connectivity index (χ0n) is 10.4. The fraction of sp³-hybridized carbons (Fsp3) is 0.143. The number of nitrogens with zero attached hydrogens (tertiary/aromatic N) is 5. The number of hydrazine groups is 1. The van der Waals surface area contributed by atoms with Crippen LogP contribution in [0.1, 0.15) is 0 Å². The van der Waals surface area contributed by atoms with E-state index in [0.717, 1.165) is 7.05 Å². The van der Waals surface area contributed by atoms with Crippen molar-refractivity contribution in [1.29, 1.82) is 0 Å². The number of non-ortho nitro benzene ring substituents is 1. The van der Waals surface area contributed by atoms with Crippen molar-refractivity contribution in [3.8, 4) is 0 Å². The van der Waals surface area contributed by atoms with Crippen LogP contribution in [0.2, 0.25) is 0 Å². The van der Waals surface area contributed by atoms with E-state index in [0.29, 0.717) is 12.1 Å². The van der Waals surface area contributed by atoms with Crippen LogP contribution in [-0.4, -0.2) is 26.8 Å². The first kappa shape index (κ1) is 17.6. The normalized spacial score (nSPS) is 9.38. The average molecular weight is 304 g/mol. The highest BCUT2D eigenvalue weighted by Gasteiger charge is 2.37. The number of nitro groups is 4. The number of hydrogen-bond acceptors (Lipinski definition) is 9. The predicted molar refractivity (Wildman–Crippen MR) is 66.8 cm³/mol. The van der Waals surface area contributed by atoms with E-state index in [2.05, 4.69) is 0 Å². The first-order valence-corrected chi connectivity index (χ1v) is 4.66. The molecule has 0 radical (unpaired) electrons. The molecule has 0 atom stereocenters. The average Bonchev–Trinajstić information content (AvgIpc) is 2.35. The van der Waals surface area contributed by atoms with Crippen molar-refractivity contribution in [2.24, 2.45) is 0 Å². The number of anilines is 1. The third-order valence-corrected chi connectivity index (χ3v) is 2.23. The van der Waals surface area contributed by atoms with Gasteiger partial charge in [-0.25, -0.2) is 10.1 Å².